The number of para-hydroxylation sites is 2. The number of nitrogens with zero attached hydrogens (tertiary/aromatic N) is 1. The maximum absolute atomic E-state index is 14.2. The van der Waals surface area contributed by atoms with Crippen molar-refractivity contribution in [2.75, 3.05) is 0 Å². The van der Waals surface area contributed by atoms with E-state index >= 15 is 0 Å². The van der Waals surface area contributed by atoms with Crippen LogP contribution in [0.15, 0.2) is 561 Å². The predicted molar refractivity (Wildman–Crippen MR) is 637 cm³/mol. The van der Waals surface area contributed by atoms with Crippen LogP contribution in [0, 0.1) is 5.82 Å². The maximum atomic E-state index is 14.2. The minimum atomic E-state index is -0.570. The normalized spacial score (nSPS) is 13.8. The van der Waals surface area contributed by atoms with Crippen LogP contribution in [0.2, 0.25) is 0 Å². The number of rotatable bonds is 5. The van der Waals surface area contributed by atoms with Crippen molar-refractivity contribution in [3.63, 3.8) is 0 Å². The lowest BCUT2D eigenvalue weighted by Gasteiger charge is -2.33. The summed E-state index contributed by atoms with van der Waals surface area (Å²) in [6.07, 6.45) is 0. The first-order valence-corrected chi connectivity index (χ1v) is 54.6. The molecule has 0 saturated heterocycles. The fraction of sp³-hybridized carbons (Fsp3) is 0.0278. The summed E-state index contributed by atoms with van der Waals surface area (Å²) in [5.41, 5.74) is 18.2. The first-order chi connectivity index (χ1) is 76.5. The fourth-order valence-electron chi connectivity index (χ4n) is 25.6. The Morgan fingerprint density at radius 3 is 0.780 bits per heavy atom. The summed E-state index contributed by atoms with van der Waals surface area (Å²) in [6, 6.07) is 175. The smallest absolute Gasteiger partial charge is 0.123 e. The van der Waals surface area contributed by atoms with Crippen LogP contribution in [0.5, 0.6) is 0 Å². The molecule has 4 aliphatic heterocycles. The number of hydrogen-bond acceptors (Lipinski definition) is 4. The number of benzene rings is 28. The highest BCUT2D eigenvalue weighted by Gasteiger charge is 2.41. The van der Waals surface area contributed by atoms with Crippen LogP contribution in [-0.2, 0) is 0 Å². The summed E-state index contributed by atoms with van der Waals surface area (Å²) < 4.78 is 60.3. The molecule has 28 aromatic carbocycles. The van der Waals surface area contributed by atoms with Gasteiger partial charge in [0.2, 0.25) is 0 Å². The van der Waals surface area contributed by atoms with Gasteiger partial charge >= 0.3 is 0 Å². The summed E-state index contributed by atoms with van der Waals surface area (Å²) in [6.45, 7) is 0. The molecule has 0 unspecified atom stereocenters. The Kier molecular flexibility index (Phi) is 20.0. The Labute approximate surface area is 891 Å². The van der Waals surface area contributed by atoms with E-state index in [2.05, 4.69) is 435 Å². The van der Waals surface area contributed by atoms with E-state index in [0.717, 1.165) is 69.6 Å². The van der Waals surface area contributed by atoms with Gasteiger partial charge < -0.3 is 4.57 Å². The van der Waals surface area contributed by atoms with Crippen molar-refractivity contribution in [1.82, 2.24) is 4.57 Å². The van der Waals surface area contributed by atoms with Gasteiger partial charge in [-0.15, -0.1) is 0 Å². The van der Waals surface area contributed by atoms with E-state index in [1.165, 1.54) is 209 Å². The highest BCUT2D eigenvalue weighted by atomic mass is 32.2. The lowest BCUT2D eigenvalue weighted by molar-refractivity contribution is 0.626. The van der Waals surface area contributed by atoms with Gasteiger partial charge in [-0.05, 0) is 266 Å². The average Bonchev–Trinajstić information content (AvgIpc) is 1.29. The van der Waals surface area contributed by atoms with Crippen molar-refractivity contribution in [3.8, 4) is 5.69 Å². The minimum Gasteiger partial charge on any atom is -0.309 e. The van der Waals surface area contributed by atoms with Gasteiger partial charge in [-0.3, -0.25) is 0 Å². The van der Waals surface area contributed by atoms with Crippen LogP contribution < -0.4 is 0 Å². The molecule has 29 aromatic rings. The summed E-state index contributed by atoms with van der Waals surface area (Å²) >= 11 is 7.52. The van der Waals surface area contributed by atoms with Gasteiger partial charge in [0.1, 0.15) is 5.82 Å². The second-order valence-corrected chi connectivity index (χ2v) is 43.6. The van der Waals surface area contributed by atoms with Gasteiger partial charge in [0.05, 0.1) is 17.9 Å². The standard InChI is InChI=1S/C39H25NS.C35H21FS.2C35H22S/c1-2-13-27(14-3-1)40-32-19-9-8-17-30(32)36-31(18-10-20-33(36)40)39-37-28-15-6-4-11-25(28)21-23-34(37)41-35-24-22-26-12-5-7-16-29(26)38(35)39;36-22-19-17-21(18-20-22)31-32-27-13-5-1-9-23(27)25-11-3-7-15-29(25)34(32)37-35-30-16-8-4-12-26(30)24-10-2-6-14-28(24)33(31)35;2*1-2-12-22(13-3-1)31-32-27-18-8-4-14-23(27)25-16-6-10-20-29(25)34(32)36-35-30-21-11-7-17-26(30)24-15-5-9-19-28(24)33(31)35/h1-24,39H;1-20,31H;2*1-21,31H/i;;1D,2D,3D,12D,13D;. The largest absolute Gasteiger partial charge is 0.309 e. The number of hydrogen-bond donors (Lipinski definition) is 0. The molecule has 0 saturated carbocycles. The van der Waals surface area contributed by atoms with Crippen molar-refractivity contribution < 1.29 is 11.2 Å². The quantitative estimate of drug-likeness (QED) is 0.158. The maximum Gasteiger partial charge on any atom is 0.123 e. The Bertz CT molecular complexity index is 10500. The molecule has 0 atom stereocenters. The molecule has 5 heterocycles. The SMILES string of the molecule is Fc1ccc(C2c3c(c4ccccc4c4ccccc34)Sc3c2c2ccccc2c2ccccc32)cc1.[2H]c1c([2H])c([2H])c(C2c3c(c4ccccc4c4ccccc34)Sc3c2c2ccccc2c2ccccc32)c([2H])c1[2H].c1ccc(-n2c3ccccc3c3c(C4c5c(ccc6ccccc56)Sc5ccc6ccccc6c54)cccc32)cc1.c1ccc(C2c3c(c4ccccc4c4ccccc34)Sc3c2c2ccccc2c2ccccc32)cc1. The van der Waals surface area contributed by atoms with Gasteiger partial charge in [-0.25, -0.2) is 4.39 Å². The lowest BCUT2D eigenvalue weighted by Crippen LogP contribution is -2.13. The van der Waals surface area contributed by atoms with E-state index in [1.807, 2.05) is 83.8 Å². The van der Waals surface area contributed by atoms with E-state index in [4.69, 9.17) is 6.85 Å². The molecule has 0 fully saturated rings. The van der Waals surface area contributed by atoms with Crippen LogP contribution >= 0.6 is 47.0 Å². The predicted octanol–water partition coefficient (Wildman–Crippen LogP) is 40.7. The van der Waals surface area contributed by atoms with E-state index in [-0.39, 0.29) is 53.8 Å². The molecule has 0 bridgehead atoms. The number of halogens is 1. The molecule has 702 valence electrons. The van der Waals surface area contributed by atoms with Crippen molar-refractivity contribution >= 4 is 220 Å². The van der Waals surface area contributed by atoms with Crippen LogP contribution in [-0.4, -0.2) is 4.57 Å². The fourth-order valence-corrected chi connectivity index (χ4v) is 31.2. The Morgan fingerprint density at radius 1 is 0.180 bits per heavy atom. The summed E-state index contributed by atoms with van der Waals surface area (Å²) in [7, 11) is 0. The van der Waals surface area contributed by atoms with Crippen LogP contribution in [0.1, 0.15) is 97.3 Å². The summed E-state index contributed by atoms with van der Waals surface area (Å²) in [5.74, 6) is -0.547. The van der Waals surface area contributed by atoms with Crippen LogP contribution in [0.3, 0.4) is 0 Å². The molecule has 0 amide bonds. The zero-order valence-electron chi connectivity index (χ0n) is 86.0. The number of fused-ring (bicyclic) bond motifs is 45. The van der Waals surface area contributed by atoms with E-state index < -0.39 is 5.92 Å². The third kappa shape index (κ3) is 14.0. The Morgan fingerprint density at radius 2 is 0.440 bits per heavy atom. The monoisotopic (exact) mass is 1980 g/mol. The van der Waals surface area contributed by atoms with Gasteiger partial charge in [0.15, 0.2) is 0 Å². The molecular formula is C144H90FNS4. The van der Waals surface area contributed by atoms with Crippen LogP contribution in [0.25, 0.3) is 178 Å². The Balaban J connectivity index is 0.0000000941. The first kappa shape index (κ1) is 83.0. The molecule has 150 heavy (non-hydrogen) atoms. The van der Waals surface area contributed by atoms with Crippen molar-refractivity contribution in [3.05, 3.63) is 594 Å². The zero-order valence-corrected chi connectivity index (χ0v) is 84.3. The minimum absolute atomic E-state index is 0.0177. The van der Waals surface area contributed by atoms with E-state index in [0.29, 0.717) is 5.56 Å². The highest BCUT2D eigenvalue weighted by Crippen LogP contribution is 2.64. The zero-order chi connectivity index (χ0) is 103. The first-order valence-electron chi connectivity index (χ1n) is 53.8. The highest BCUT2D eigenvalue weighted by molar-refractivity contribution is 8.00. The van der Waals surface area contributed by atoms with Crippen molar-refractivity contribution in [2.24, 2.45) is 0 Å². The summed E-state index contributed by atoms with van der Waals surface area (Å²) in [5, 5.41) is 37.5. The van der Waals surface area contributed by atoms with Gasteiger partial charge in [-0.1, -0.05) is 520 Å². The van der Waals surface area contributed by atoms with E-state index in [1.54, 1.807) is 23.9 Å². The molecule has 33 rings (SSSR count). The van der Waals surface area contributed by atoms with Crippen LogP contribution in [0.4, 0.5) is 4.39 Å². The van der Waals surface area contributed by atoms with Crippen molar-refractivity contribution in [1.29, 1.82) is 0 Å². The molecular weight excluding hydrogens is 1890 g/mol. The second kappa shape index (κ2) is 36.2. The third-order valence-corrected chi connectivity index (χ3v) is 36.8. The lowest BCUT2D eigenvalue weighted by atomic mass is 9.78. The molecule has 0 spiro atoms. The van der Waals surface area contributed by atoms with Gasteiger partial charge in [0, 0.05) is 79.3 Å². The van der Waals surface area contributed by atoms with Crippen molar-refractivity contribution in [2.45, 2.75) is 62.8 Å². The van der Waals surface area contributed by atoms with Gasteiger partial charge in [0.25, 0.3) is 0 Å². The molecule has 0 N–H and O–H groups in total. The molecule has 1 nitrogen and oxygen atoms in total. The van der Waals surface area contributed by atoms with E-state index in [9.17, 15) is 4.39 Å². The van der Waals surface area contributed by atoms with Gasteiger partial charge in [-0.2, -0.15) is 0 Å². The molecule has 0 aliphatic carbocycles. The molecule has 1 aromatic heterocycles. The second-order valence-electron chi connectivity index (χ2n) is 39.5. The topological polar surface area (TPSA) is 4.93 Å². The Hall–Kier alpha value is -17.1. The summed E-state index contributed by atoms with van der Waals surface area (Å²) in [4.78, 5) is 10.2. The number of aromatic nitrogens is 1. The average molecular weight is 1990 g/mol. The molecule has 0 radical (unpaired) electrons. The third-order valence-electron chi connectivity index (χ3n) is 31.7. The molecule has 4 aliphatic rings. The molecule has 6 heteroatoms.